The average molecular weight is 434 g/mol. The van der Waals surface area contributed by atoms with Gasteiger partial charge in [-0.25, -0.2) is 4.79 Å². The van der Waals surface area contributed by atoms with Crippen LogP contribution in [0.3, 0.4) is 0 Å². The van der Waals surface area contributed by atoms with Gasteiger partial charge in [0.2, 0.25) is 5.91 Å². The van der Waals surface area contributed by atoms with Gasteiger partial charge in [0.15, 0.2) is 0 Å². The summed E-state index contributed by atoms with van der Waals surface area (Å²) in [6, 6.07) is 2.22. The molecule has 162 valence electrons. The number of amides is 1. The normalized spacial score (nSPS) is 22.1. The Balaban J connectivity index is 0.000000298. The Morgan fingerprint density at radius 3 is 2.45 bits per heavy atom. The van der Waals surface area contributed by atoms with Gasteiger partial charge >= 0.3 is 12.1 Å². The van der Waals surface area contributed by atoms with Crippen LogP contribution in [-0.2, 0) is 20.9 Å². The zero-order chi connectivity index (χ0) is 21.1. The van der Waals surface area contributed by atoms with E-state index >= 15 is 0 Å². The molecular weight excluding hydrogens is 409 g/mol. The van der Waals surface area contributed by atoms with Gasteiger partial charge in [-0.1, -0.05) is 0 Å². The lowest BCUT2D eigenvalue weighted by molar-refractivity contribution is -0.192. The number of halogens is 3. The number of likely N-dealkylation sites (tertiary alicyclic amines) is 2. The van der Waals surface area contributed by atoms with Crippen LogP contribution in [0.5, 0.6) is 0 Å². The molecule has 0 unspecified atom stereocenters. The predicted octanol–water partition coefficient (Wildman–Crippen LogP) is 2.84. The van der Waals surface area contributed by atoms with E-state index in [0.717, 1.165) is 52.2 Å². The second-order valence-electron chi connectivity index (χ2n) is 7.98. The lowest BCUT2D eigenvalue weighted by Crippen LogP contribution is -2.60. The third-order valence-corrected chi connectivity index (χ3v) is 6.41. The SMILES string of the molecule is O=C(C1CCOCC1)N1CC2(CCN(Cc3ccsc3)C2)C1.O=C(O)C(F)(F)F. The zero-order valence-corrected chi connectivity index (χ0v) is 16.8. The van der Waals surface area contributed by atoms with Crippen molar-refractivity contribution in [2.75, 3.05) is 39.4 Å². The molecule has 0 aromatic carbocycles. The zero-order valence-electron chi connectivity index (χ0n) is 16.0. The molecule has 4 heterocycles. The molecule has 1 aromatic rings. The lowest BCUT2D eigenvalue weighted by Gasteiger charge is -2.49. The number of nitrogens with zero attached hydrogens (tertiary/aromatic N) is 2. The monoisotopic (exact) mass is 434 g/mol. The standard InChI is InChI=1S/C17H24N2O2S.C2HF3O2/c20-16(15-1-6-21-7-2-15)19-12-17(13-19)4-5-18(11-17)9-14-3-8-22-10-14;3-2(4,5)1(6)7/h3,8,10,15H,1-2,4-7,9,11-13H2;(H,6,7). The van der Waals surface area contributed by atoms with Crippen LogP contribution in [0.1, 0.15) is 24.8 Å². The van der Waals surface area contributed by atoms with Crippen LogP contribution in [0, 0.1) is 11.3 Å². The Bertz CT molecular complexity index is 699. The van der Waals surface area contributed by atoms with E-state index in [1.807, 2.05) is 0 Å². The number of carbonyl (C=O) groups excluding carboxylic acids is 1. The van der Waals surface area contributed by atoms with Gasteiger partial charge in [0.25, 0.3) is 0 Å². The van der Waals surface area contributed by atoms with Gasteiger partial charge in [-0.2, -0.15) is 24.5 Å². The van der Waals surface area contributed by atoms with Gasteiger partial charge in [0, 0.05) is 50.7 Å². The Morgan fingerprint density at radius 2 is 1.90 bits per heavy atom. The third kappa shape index (κ3) is 5.70. The molecule has 0 bridgehead atoms. The molecule has 1 aromatic heterocycles. The number of alkyl halides is 3. The molecule has 4 rings (SSSR count). The maximum Gasteiger partial charge on any atom is 0.490 e. The molecule has 29 heavy (non-hydrogen) atoms. The van der Waals surface area contributed by atoms with Crippen molar-refractivity contribution in [3.05, 3.63) is 22.4 Å². The van der Waals surface area contributed by atoms with Crippen LogP contribution in [0.25, 0.3) is 0 Å². The van der Waals surface area contributed by atoms with Crippen LogP contribution < -0.4 is 0 Å². The Morgan fingerprint density at radius 1 is 1.24 bits per heavy atom. The van der Waals surface area contributed by atoms with Gasteiger partial charge in [-0.05, 0) is 48.2 Å². The number of rotatable bonds is 3. The quantitative estimate of drug-likeness (QED) is 0.792. The van der Waals surface area contributed by atoms with Gasteiger partial charge in [-0.15, -0.1) is 0 Å². The number of thiophene rings is 1. The number of carboxylic acids is 1. The van der Waals surface area contributed by atoms with Crippen molar-refractivity contribution >= 4 is 23.2 Å². The molecule has 3 saturated heterocycles. The predicted molar refractivity (Wildman–Crippen MR) is 100 cm³/mol. The molecule has 1 N–H and O–H groups in total. The topological polar surface area (TPSA) is 70.1 Å². The van der Waals surface area contributed by atoms with E-state index in [1.54, 1.807) is 11.3 Å². The van der Waals surface area contributed by atoms with Crippen molar-refractivity contribution in [1.82, 2.24) is 9.80 Å². The third-order valence-electron chi connectivity index (χ3n) is 5.68. The van der Waals surface area contributed by atoms with Crippen molar-refractivity contribution in [1.29, 1.82) is 0 Å². The average Bonchev–Trinajstić information content (AvgIpc) is 3.31. The van der Waals surface area contributed by atoms with Crippen molar-refractivity contribution in [3.63, 3.8) is 0 Å². The summed E-state index contributed by atoms with van der Waals surface area (Å²) in [7, 11) is 0. The minimum absolute atomic E-state index is 0.217. The first-order valence-electron chi connectivity index (χ1n) is 9.59. The fourth-order valence-corrected chi connectivity index (χ4v) is 4.84. The molecule has 0 atom stereocenters. The second kappa shape index (κ2) is 9.01. The highest BCUT2D eigenvalue weighted by Gasteiger charge is 2.49. The maximum atomic E-state index is 12.5. The Hall–Kier alpha value is -1.65. The molecule has 0 saturated carbocycles. The fourth-order valence-electron chi connectivity index (χ4n) is 4.18. The van der Waals surface area contributed by atoms with Crippen molar-refractivity contribution in [2.45, 2.75) is 32.0 Å². The molecule has 0 aliphatic carbocycles. The summed E-state index contributed by atoms with van der Waals surface area (Å²) in [5.41, 5.74) is 1.81. The summed E-state index contributed by atoms with van der Waals surface area (Å²) in [4.78, 5) is 26.1. The van der Waals surface area contributed by atoms with Crippen LogP contribution in [-0.4, -0.2) is 72.4 Å². The lowest BCUT2D eigenvalue weighted by atomic mass is 9.78. The molecule has 3 fully saturated rings. The van der Waals surface area contributed by atoms with E-state index in [-0.39, 0.29) is 5.92 Å². The minimum Gasteiger partial charge on any atom is -0.475 e. The van der Waals surface area contributed by atoms with E-state index in [4.69, 9.17) is 14.6 Å². The number of hydrogen-bond donors (Lipinski definition) is 1. The number of ether oxygens (including phenoxy) is 1. The molecule has 3 aliphatic rings. The van der Waals surface area contributed by atoms with E-state index in [0.29, 0.717) is 11.3 Å². The van der Waals surface area contributed by atoms with E-state index < -0.39 is 12.1 Å². The highest BCUT2D eigenvalue weighted by atomic mass is 32.1. The van der Waals surface area contributed by atoms with Gasteiger partial charge in [-0.3, -0.25) is 9.69 Å². The van der Waals surface area contributed by atoms with Gasteiger partial charge in [0.05, 0.1) is 0 Å². The number of hydrogen-bond acceptors (Lipinski definition) is 5. The summed E-state index contributed by atoms with van der Waals surface area (Å²) in [5.74, 6) is -2.16. The first-order chi connectivity index (χ1) is 13.7. The number of aliphatic carboxylic acids is 1. The highest BCUT2D eigenvalue weighted by molar-refractivity contribution is 7.07. The van der Waals surface area contributed by atoms with Crippen LogP contribution >= 0.6 is 11.3 Å². The van der Waals surface area contributed by atoms with Crippen LogP contribution in [0.4, 0.5) is 13.2 Å². The second-order valence-corrected chi connectivity index (χ2v) is 8.76. The van der Waals surface area contributed by atoms with Crippen molar-refractivity contribution in [2.24, 2.45) is 11.3 Å². The number of carbonyl (C=O) groups is 2. The van der Waals surface area contributed by atoms with E-state index in [2.05, 4.69) is 26.6 Å². The molecule has 10 heteroatoms. The summed E-state index contributed by atoms with van der Waals surface area (Å²) in [6.07, 6.45) is -2.02. The Labute approximate surface area is 171 Å². The van der Waals surface area contributed by atoms with Crippen LogP contribution in [0.2, 0.25) is 0 Å². The summed E-state index contributed by atoms with van der Waals surface area (Å²) in [6.45, 7) is 6.86. The first kappa shape index (κ1) is 22.0. The fraction of sp³-hybridized carbons (Fsp3) is 0.684. The molecular formula is C19H25F3N2O4S. The Kier molecular flexibility index (Phi) is 6.85. The molecule has 1 amide bonds. The molecule has 0 radical (unpaired) electrons. The summed E-state index contributed by atoms with van der Waals surface area (Å²) < 4.78 is 37.1. The van der Waals surface area contributed by atoms with Gasteiger partial charge < -0.3 is 14.7 Å². The molecule has 3 aliphatic heterocycles. The minimum atomic E-state index is -5.08. The van der Waals surface area contributed by atoms with Crippen molar-refractivity contribution in [3.8, 4) is 0 Å². The summed E-state index contributed by atoms with van der Waals surface area (Å²) in [5, 5.41) is 11.5. The summed E-state index contributed by atoms with van der Waals surface area (Å²) >= 11 is 1.77. The van der Waals surface area contributed by atoms with Gasteiger partial charge in [0.1, 0.15) is 0 Å². The molecule has 1 spiro atoms. The largest absolute Gasteiger partial charge is 0.490 e. The maximum absolute atomic E-state index is 12.5. The number of carboxylic acid groups (broad SMARTS) is 1. The van der Waals surface area contributed by atoms with Crippen molar-refractivity contribution < 1.29 is 32.6 Å². The molecule has 6 nitrogen and oxygen atoms in total. The van der Waals surface area contributed by atoms with E-state index in [1.165, 1.54) is 18.5 Å². The first-order valence-corrected chi connectivity index (χ1v) is 10.5. The van der Waals surface area contributed by atoms with Crippen LogP contribution in [0.15, 0.2) is 16.8 Å². The highest BCUT2D eigenvalue weighted by Crippen LogP contribution is 2.41. The smallest absolute Gasteiger partial charge is 0.475 e. The van der Waals surface area contributed by atoms with E-state index in [9.17, 15) is 18.0 Å².